The highest BCUT2D eigenvalue weighted by Gasteiger charge is 2.37. The Morgan fingerprint density at radius 3 is 2.60 bits per heavy atom. The SMILES string of the molecule is OCC1CCN(c2nccc(Sc3ccc4nc(N5CCC6(CCCC6)CC5)cnc4n3)c2Cl)C1. The molecule has 0 amide bonds. The largest absolute Gasteiger partial charge is 0.396 e. The molecule has 1 N–H and O–H groups in total. The van der Waals surface area contributed by atoms with E-state index in [2.05, 4.69) is 19.8 Å². The Morgan fingerprint density at radius 1 is 1.00 bits per heavy atom. The molecule has 1 atom stereocenters. The summed E-state index contributed by atoms with van der Waals surface area (Å²) >= 11 is 8.26. The molecule has 3 fully saturated rings. The first-order valence-electron chi connectivity index (χ1n) is 12.7. The number of halogens is 1. The molecular weight excluding hydrogens is 480 g/mol. The number of aliphatic hydroxyl groups excluding tert-OH is 1. The van der Waals surface area contributed by atoms with E-state index < -0.39 is 0 Å². The summed E-state index contributed by atoms with van der Waals surface area (Å²) in [5.41, 5.74) is 2.07. The fourth-order valence-corrected chi connectivity index (χ4v) is 7.07. The van der Waals surface area contributed by atoms with Gasteiger partial charge in [0.1, 0.15) is 22.2 Å². The van der Waals surface area contributed by atoms with Crippen LogP contribution in [0.2, 0.25) is 5.02 Å². The first-order valence-corrected chi connectivity index (χ1v) is 13.9. The van der Waals surface area contributed by atoms with Crippen LogP contribution in [0.4, 0.5) is 11.6 Å². The zero-order valence-electron chi connectivity index (χ0n) is 19.9. The minimum atomic E-state index is 0.199. The molecular formula is C26H31ClN6OS. The predicted molar refractivity (Wildman–Crippen MR) is 140 cm³/mol. The molecule has 3 aromatic heterocycles. The molecule has 0 radical (unpaired) electrons. The fourth-order valence-electron chi connectivity index (χ4n) is 5.92. The number of fused-ring (bicyclic) bond motifs is 1. The van der Waals surface area contributed by atoms with Gasteiger partial charge in [-0.25, -0.2) is 19.9 Å². The summed E-state index contributed by atoms with van der Waals surface area (Å²) in [6, 6.07) is 5.92. The Hall–Kier alpha value is -2.16. The number of anilines is 2. The van der Waals surface area contributed by atoms with Gasteiger partial charge in [-0.1, -0.05) is 36.2 Å². The van der Waals surface area contributed by atoms with Gasteiger partial charge in [0.15, 0.2) is 5.65 Å². The van der Waals surface area contributed by atoms with Crippen molar-refractivity contribution >= 4 is 46.2 Å². The number of pyridine rings is 2. The van der Waals surface area contributed by atoms with E-state index in [4.69, 9.17) is 21.6 Å². The molecule has 3 aromatic rings. The number of nitrogens with zero attached hydrogens (tertiary/aromatic N) is 6. The third-order valence-corrected chi connectivity index (χ3v) is 9.55. The second-order valence-corrected chi connectivity index (χ2v) is 11.7. The van der Waals surface area contributed by atoms with Crippen molar-refractivity contribution in [2.45, 2.75) is 54.9 Å². The van der Waals surface area contributed by atoms with Crippen molar-refractivity contribution in [1.82, 2.24) is 19.9 Å². The van der Waals surface area contributed by atoms with E-state index in [9.17, 15) is 5.11 Å². The van der Waals surface area contributed by atoms with Crippen molar-refractivity contribution in [3.63, 3.8) is 0 Å². The second-order valence-electron chi connectivity index (χ2n) is 10.2. The van der Waals surface area contributed by atoms with Gasteiger partial charge >= 0.3 is 0 Å². The van der Waals surface area contributed by atoms with Crippen LogP contribution in [-0.4, -0.2) is 57.8 Å². The van der Waals surface area contributed by atoms with E-state index >= 15 is 0 Å². The zero-order chi connectivity index (χ0) is 23.8. The summed E-state index contributed by atoms with van der Waals surface area (Å²) in [6.45, 7) is 3.98. The molecule has 6 rings (SSSR count). The van der Waals surface area contributed by atoms with Crippen LogP contribution in [0, 0.1) is 11.3 Å². The van der Waals surface area contributed by atoms with Crippen LogP contribution in [0.3, 0.4) is 0 Å². The van der Waals surface area contributed by atoms with Crippen molar-refractivity contribution in [3.8, 4) is 0 Å². The average Bonchev–Trinajstić information content (AvgIpc) is 3.55. The molecule has 3 aliphatic rings. The van der Waals surface area contributed by atoms with Gasteiger partial charge in [0, 0.05) is 49.8 Å². The molecule has 1 aliphatic carbocycles. The summed E-state index contributed by atoms with van der Waals surface area (Å²) < 4.78 is 0. The lowest BCUT2D eigenvalue weighted by Crippen LogP contribution is -2.39. The monoisotopic (exact) mass is 510 g/mol. The molecule has 5 heterocycles. The molecule has 9 heteroatoms. The van der Waals surface area contributed by atoms with Gasteiger partial charge in [-0.05, 0) is 55.7 Å². The summed E-state index contributed by atoms with van der Waals surface area (Å²) in [5, 5.41) is 10.9. The Balaban J connectivity index is 1.17. The highest BCUT2D eigenvalue weighted by molar-refractivity contribution is 7.99. The topological polar surface area (TPSA) is 78.3 Å². The number of aliphatic hydroxyl groups is 1. The summed E-state index contributed by atoms with van der Waals surface area (Å²) in [5.74, 6) is 2.02. The number of rotatable bonds is 5. The van der Waals surface area contributed by atoms with Crippen LogP contribution in [0.5, 0.6) is 0 Å². The van der Waals surface area contributed by atoms with Gasteiger partial charge < -0.3 is 14.9 Å². The van der Waals surface area contributed by atoms with E-state index in [0.29, 0.717) is 16.1 Å². The standard InChI is InChI=1S/C26H31ClN6OS/c27-23-20(5-11-28-25(23)33-12-6-18(16-33)17-34)35-22-4-3-19-24(31-22)29-15-21(30-19)32-13-9-26(10-14-32)7-1-2-8-26/h3-5,11,15,18,34H,1-2,6-10,12-14,16-17H2. The zero-order valence-corrected chi connectivity index (χ0v) is 21.4. The Bertz CT molecular complexity index is 1210. The summed E-state index contributed by atoms with van der Waals surface area (Å²) in [4.78, 5) is 24.3. The van der Waals surface area contributed by atoms with Crippen molar-refractivity contribution in [3.05, 3.63) is 35.6 Å². The molecule has 2 saturated heterocycles. The van der Waals surface area contributed by atoms with Crippen LogP contribution in [0.15, 0.2) is 40.5 Å². The first-order chi connectivity index (χ1) is 17.1. The minimum Gasteiger partial charge on any atom is -0.396 e. The van der Waals surface area contributed by atoms with Gasteiger partial charge in [-0.2, -0.15) is 0 Å². The quantitative estimate of drug-likeness (QED) is 0.501. The highest BCUT2D eigenvalue weighted by atomic mass is 35.5. The van der Waals surface area contributed by atoms with Crippen molar-refractivity contribution in [2.24, 2.45) is 11.3 Å². The minimum absolute atomic E-state index is 0.199. The smallest absolute Gasteiger partial charge is 0.179 e. The summed E-state index contributed by atoms with van der Waals surface area (Å²) in [7, 11) is 0. The van der Waals surface area contributed by atoms with Gasteiger partial charge in [-0.15, -0.1) is 0 Å². The van der Waals surface area contributed by atoms with Gasteiger partial charge in [0.25, 0.3) is 0 Å². The third kappa shape index (κ3) is 4.68. The number of piperidine rings is 1. The Kier molecular flexibility index (Phi) is 6.45. The number of aromatic nitrogens is 4. The lowest BCUT2D eigenvalue weighted by molar-refractivity contribution is 0.226. The molecule has 0 bridgehead atoms. The van der Waals surface area contributed by atoms with Crippen LogP contribution in [0.1, 0.15) is 44.9 Å². The molecule has 1 saturated carbocycles. The van der Waals surface area contributed by atoms with Crippen LogP contribution in [0.25, 0.3) is 11.2 Å². The summed E-state index contributed by atoms with van der Waals surface area (Å²) in [6.07, 6.45) is 12.8. The van der Waals surface area contributed by atoms with E-state index in [-0.39, 0.29) is 12.5 Å². The van der Waals surface area contributed by atoms with Crippen molar-refractivity contribution in [2.75, 3.05) is 42.6 Å². The third-order valence-electron chi connectivity index (χ3n) is 8.07. The first kappa shape index (κ1) is 23.3. The van der Waals surface area contributed by atoms with E-state index in [1.807, 2.05) is 24.4 Å². The molecule has 35 heavy (non-hydrogen) atoms. The van der Waals surface area contributed by atoms with Crippen LogP contribution >= 0.6 is 23.4 Å². The average molecular weight is 511 g/mol. The second kappa shape index (κ2) is 9.71. The van der Waals surface area contributed by atoms with Crippen LogP contribution < -0.4 is 9.80 Å². The fraction of sp³-hybridized carbons (Fsp3) is 0.538. The normalized spacial score (nSPS) is 21.9. The molecule has 0 aromatic carbocycles. The number of hydrogen-bond acceptors (Lipinski definition) is 8. The molecule has 1 spiro atoms. The maximum Gasteiger partial charge on any atom is 0.179 e. The van der Waals surface area contributed by atoms with Crippen molar-refractivity contribution in [1.29, 1.82) is 0 Å². The van der Waals surface area contributed by atoms with E-state index in [0.717, 1.165) is 59.7 Å². The lowest BCUT2D eigenvalue weighted by Gasteiger charge is -2.39. The maximum atomic E-state index is 9.46. The van der Waals surface area contributed by atoms with E-state index in [1.54, 1.807) is 6.20 Å². The van der Waals surface area contributed by atoms with Gasteiger partial charge in [0.05, 0.1) is 11.2 Å². The van der Waals surface area contributed by atoms with Gasteiger partial charge in [-0.3, -0.25) is 0 Å². The molecule has 1 unspecified atom stereocenters. The predicted octanol–water partition coefficient (Wildman–Crippen LogP) is 5.20. The van der Waals surface area contributed by atoms with Gasteiger partial charge in [0.2, 0.25) is 0 Å². The van der Waals surface area contributed by atoms with Crippen molar-refractivity contribution < 1.29 is 5.11 Å². The van der Waals surface area contributed by atoms with Crippen LogP contribution in [-0.2, 0) is 0 Å². The lowest BCUT2D eigenvalue weighted by atomic mass is 9.77. The molecule has 184 valence electrons. The Labute approximate surface area is 215 Å². The molecule has 7 nitrogen and oxygen atoms in total. The number of hydrogen-bond donors (Lipinski definition) is 1. The van der Waals surface area contributed by atoms with E-state index in [1.165, 1.54) is 50.3 Å². The highest BCUT2D eigenvalue weighted by Crippen LogP contribution is 2.46. The maximum absolute atomic E-state index is 9.46. The Morgan fingerprint density at radius 2 is 1.83 bits per heavy atom. The molecule has 2 aliphatic heterocycles.